The smallest absolute Gasteiger partial charge is 0.0543 e. The third kappa shape index (κ3) is 4.84. The van der Waals surface area contributed by atoms with Gasteiger partial charge in [0.1, 0.15) is 0 Å². The number of aromatic nitrogens is 1. The third-order valence-corrected chi connectivity index (χ3v) is 5.87. The first-order valence-corrected chi connectivity index (χ1v) is 9.63. The van der Waals surface area contributed by atoms with Crippen molar-refractivity contribution in [1.29, 1.82) is 0 Å². The molecule has 0 unspecified atom stereocenters. The molecular weight excluding hydrogens is 433 g/mol. The van der Waals surface area contributed by atoms with Crippen LogP contribution in [0.25, 0.3) is 0 Å². The molecule has 3 nitrogen and oxygen atoms in total. The summed E-state index contributed by atoms with van der Waals surface area (Å²) in [5.41, 5.74) is 4.67. The molecule has 1 saturated heterocycles. The number of benzene rings is 1. The third-order valence-electron chi connectivity index (χ3n) is 5.87. The monoisotopic (exact) mass is 463 g/mol. The summed E-state index contributed by atoms with van der Waals surface area (Å²) >= 11 is 0. The summed E-state index contributed by atoms with van der Waals surface area (Å²) < 4.78 is 0. The van der Waals surface area contributed by atoms with Crippen LogP contribution in [0.15, 0.2) is 48.7 Å². The maximum Gasteiger partial charge on any atom is 0.0543 e. The van der Waals surface area contributed by atoms with Gasteiger partial charge < -0.3 is 5.32 Å². The number of likely N-dealkylation sites (tertiary alicyclic amines) is 1. The topological polar surface area (TPSA) is 28.2 Å². The Morgan fingerprint density at radius 1 is 1.04 bits per heavy atom. The SMILES string of the molecule is CC1(CNC2CCN(Cc3ccccn3)CC2)Cc2ccccc2C1.I. The van der Waals surface area contributed by atoms with Crippen LogP contribution in [-0.4, -0.2) is 35.6 Å². The van der Waals surface area contributed by atoms with Crippen molar-refractivity contribution in [2.45, 2.75) is 45.2 Å². The minimum atomic E-state index is 0. The number of rotatable bonds is 5. The number of piperidine rings is 1. The standard InChI is InChI=1S/C22H29N3.HI/c1-22(14-18-6-2-3-7-19(18)15-22)17-24-20-9-12-25(13-10-20)16-21-8-4-5-11-23-21;/h2-8,11,20,24H,9-10,12-17H2,1H3;1H. The number of halogens is 1. The van der Waals surface area contributed by atoms with Gasteiger partial charge in [0.15, 0.2) is 0 Å². The summed E-state index contributed by atoms with van der Waals surface area (Å²) in [6, 6.07) is 15.8. The summed E-state index contributed by atoms with van der Waals surface area (Å²) in [6.45, 7) is 6.90. The molecule has 1 N–H and O–H groups in total. The van der Waals surface area contributed by atoms with Gasteiger partial charge in [0, 0.05) is 38.4 Å². The molecule has 0 saturated carbocycles. The largest absolute Gasteiger partial charge is 0.313 e. The van der Waals surface area contributed by atoms with Crippen LogP contribution < -0.4 is 5.32 Å². The molecule has 1 aliphatic carbocycles. The van der Waals surface area contributed by atoms with Crippen LogP contribution in [0.1, 0.15) is 36.6 Å². The Kier molecular flexibility index (Phi) is 6.70. The first-order chi connectivity index (χ1) is 12.2. The lowest BCUT2D eigenvalue weighted by molar-refractivity contribution is 0.178. The molecule has 2 aliphatic rings. The normalized spacial score (nSPS) is 19.7. The van der Waals surface area contributed by atoms with E-state index in [2.05, 4.69) is 58.5 Å². The number of fused-ring (bicyclic) bond motifs is 1. The molecule has 1 aliphatic heterocycles. The number of hydrogen-bond acceptors (Lipinski definition) is 3. The van der Waals surface area contributed by atoms with E-state index in [1.54, 1.807) is 11.1 Å². The zero-order valence-electron chi connectivity index (χ0n) is 15.7. The minimum absolute atomic E-state index is 0. The second-order valence-corrected chi connectivity index (χ2v) is 8.19. The summed E-state index contributed by atoms with van der Waals surface area (Å²) in [5, 5.41) is 3.88. The van der Waals surface area contributed by atoms with Crippen molar-refractivity contribution in [2.75, 3.05) is 19.6 Å². The Morgan fingerprint density at radius 3 is 2.31 bits per heavy atom. The van der Waals surface area contributed by atoms with Crippen LogP contribution in [0.3, 0.4) is 0 Å². The Hall–Kier alpha value is -0.980. The number of hydrogen-bond donors (Lipinski definition) is 1. The van der Waals surface area contributed by atoms with Gasteiger partial charge in [-0.25, -0.2) is 0 Å². The van der Waals surface area contributed by atoms with E-state index < -0.39 is 0 Å². The van der Waals surface area contributed by atoms with Gasteiger partial charge >= 0.3 is 0 Å². The Morgan fingerprint density at radius 2 is 1.69 bits per heavy atom. The molecule has 2 aromatic rings. The maximum absolute atomic E-state index is 4.45. The Bertz CT molecular complexity index is 671. The van der Waals surface area contributed by atoms with Crippen molar-refractivity contribution in [1.82, 2.24) is 15.2 Å². The van der Waals surface area contributed by atoms with Crippen molar-refractivity contribution in [3.8, 4) is 0 Å². The highest BCUT2D eigenvalue weighted by atomic mass is 127. The molecule has 0 atom stereocenters. The first kappa shape index (κ1) is 19.8. The van der Waals surface area contributed by atoms with Crippen LogP contribution in [-0.2, 0) is 19.4 Å². The summed E-state index contributed by atoms with van der Waals surface area (Å²) in [6.07, 6.45) is 6.82. The highest BCUT2D eigenvalue weighted by molar-refractivity contribution is 14.0. The van der Waals surface area contributed by atoms with E-state index in [0.29, 0.717) is 11.5 Å². The fraction of sp³-hybridized carbons (Fsp3) is 0.500. The number of nitrogens with zero attached hydrogens (tertiary/aromatic N) is 2. The molecule has 140 valence electrons. The molecule has 4 heteroatoms. The van der Waals surface area contributed by atoms with E-state index in [1.165, 1.54) is 44.5 Å². The lowest BCUT2D eigenvalue weighted by atomic mass is 9.86. The zero-order chi connectivity index (χ0) is 17.1. The predicted octanol–water partition coefficient (Wildman–Crippen LogP) is 4.06. The van der Waals surface area contributed by atoms with E-state index in [-0.39, 0.29) is 24.0 Å². The van der Waals surface area contributed by atoms with Gasteiger partial charge in [-0.1, -0.05) is 37.3 Å². The summed E-state index contributed by atoms with van der Waals surface area (Å²) in [7, 11) is 0. The maximum atomic E-state index is 4.45. The van der Waals surface area contributed by atoms with Crippen molar-refractivity contribution in [3.63, 3.8) is 0 Å². The van der Waals surface area contributed by atoms with Crippen LogP contribution in [0, 0.1) is 5.41 Å². The zero-order valence-corrected chi connectivity index (χ0v) is 18.0. The minimum Gasteiger partial charge on any atom is -0.313 e. The van der Waals surface area contributed by atoms with E-state index in [4.69, 9.17) is 0 Å². The first-order valence-electron chi connectivity index (χ1n) is 9.63. The van der Waals surface area contributed by atoms with E-state index >= 15 is 0 Å². The lowest BCUT2D eigenvalue weighted by Crippen LogP contribution is -2.45. The summed E-state index contributed by atoms with van der Waals surface area (Å²) in [4.78, 5) is 6.99. The van der Waals surface area contributed by atoms with Gasteiger partial charge in [-0.15, -0.1) is 24.0 Å². The molecule has 0 radical (unpaired) electrons. The summed E-state index contributed by atoms with van der Waals surface area (Å²) in [5.74, 6) is 0. The van der Waals surface area contributed by atoms with Gasteiger partial charge in [-0.05, 0) is 54.4 Å². The van der Waals surface area contributed by atoms with E-state index in [1.807, 2.05) is 12.3 Å². The number of pyridine rings is 1. The molecule has 1 fully saturated rings. The quantitative estimate of drug-likeness (QED) is 0.679. The van der Waals surface area contributed by atoms with E-state index in [9.17, 15) is 0 Å². The fourth-order valence-corrected chi connectivity index (χ4v) is 4.42. The van der Waals surface area contributed by atoms with Crippen LogP contribution in [0.4, 0.5) is 0 Å². The fourth-order valence-electron chi connectivity index (χ4n) is 4.42. The molecule has 26 heavy (non-hydrogen) atoms. The average Bonchev–Trinajstić information content (AvgIpc) is 2.99. The highest BCUT2D eigenvalue weighted by Gasteiger charge is 2.33. The van der Waals surface area contributed by atoms with Gasteiger partial charge in [0.25, 0.3) is 0 Å². The second kappa shape index (κ2) is 8.81. The van der Waals surface area contributed by atoms with E-state index in [0.717, 1.165) is 13.1 Å². The molecule has 1 aromatic carbocycles. The molecule has 0 amide bonds. The Balaban J connectivity index is 0.00000196. The van der Waals surface area contributed by atoms with Gasteiger partial charge in [-0.2, -0.15) is 0 Å². The molecule has 0 spiro atoms. The molecule has 0 bridgehead atoms. The second-order valence-electron chi connectivity index (χ2n) is 8.19. The predicted molar refractivity (Wildman–Crippen MR) is 118 cm³/mol. The van der Waals surface area contributed by atoms with Crippen LogP contribution >= 0.6 is 24.0 Å². The van der Waals surface area contributed by atoms with Gasteiger partial charge in [0.05, 0.1) is 5.69 Å². The molecule has 1 aromatic heterocycles. The van der Waals surface area contributed by atoms with Crippen molar-refractivity contribution in [3.05, 3.63) is 65.5 Å². The lowest BCUT2D eigenvalue weighted by Gasteiger charge is -2.34. The average molecular weight is 463 g/mol. The highest BCUT2D eigenvalue weighted by Crippen LogP contribution is 2.36. The van der Waals surface area contributed by atoms with Crippen molar-refractivity contribution in [2.24, 2.45) is 5.41 Å². The van der Waals surface area contributed by atoms with Crippen LogP contribution in [0.5, 0.6) is 0 Å². The molecule has 4 rings (SSSR count). The van der Waals surface area contributed by atoms with Gasteiger partial charge in [0.2, 0.25) is 0 Å². The van der Waals surface area contributed by atoms with Crippen molar-refractivity contribution >= 4 is 24.0 Å². The van der Waals surface area contributed by atoms with Crippen LogP contribution in [0.2, 0.25) is 0 Å². The number of nitrogens with one attached hydrogen (secondary N) is 1. The molecular formula is C22H30IN3. The van der Waals surface area contributed by atoms with Crippen molar-refractivity contribution < 1.29 is 0 Å². The Labute approximate surface area is 174 Å². The van der Waals surface area contributed by atoms with Gasteiger partial charge in [-0.3, -0.25) is 9.88 Å². The molecule has 2 heterocycles.